The molecule has 1 aromatic carbocycles. The van der Waals surface area contributed by atoms with Crippen LogP contribution in [0.5, 0.6) is 5.75 Å². The van der Waals surface area contributed by atoms with Crippen LogP contribution in [0.25, 0.3) is 0 Å². The Morgan fingerprint density at radius 2 is 2.15 bits per heavy atom. The Kier molecular flexibility index (Phi) is 8.33. The summed E-state index contributed by atoms with van der Waals surface area (Å²) in [6.07, 6.45) is 4.15. The van der Waals surface area contributed by atoms with Crippen LogP contribution in [-0.4, -0.2) is 45.8 Å². The Bertz CT molecular complexity index is 743. The van der Waals surface area contributed by atoms with Gasteiger partial charge in [0.05, 0.1) is 19.7 Å². The van der Waals surface area contributed by atoms with Crippen LogP contribution in [0.3, 0.4) is 0 Å². The van der Waals surface area contributed by atoms with E-state index >= 15 is 0 Å². The van der Waals surface area contributed by atoms with Gasteiger partial charge < -0.3 is 15.0 Å². The Labute approximate surface area is 178 Å². The highest BCUT2D eigenvalue weighted by atomic mass is 127. The maximum atomic E-state index is 5.99. The fourth-order valence-corrected chi connectivity index (χ4v) is 2.65. The molecule has 2 aromatic rings. The first-order valence-corrected chi connectivity index (χ1v) is 9.20. The number of halogens is 1. The summed E-state index contributed by atoms with van der Waals surface area (Å²) in [6, 6.07) is 8.16. The zero-order valence-electron chi connectivity index (χ0n) is 16.3. The number of ether oxygens (including phenoxy) is 1. The molecule has 1 N–H and O–H groups in total. The smallest absolute Gasteiger partial charge is 0.194 e. The minimum absolute atomic E-state index is 0. The van der Waals surface area contributed by atoms with E-state index in [2.05, 4.69) is 33.3 Å². The standard InChI is InChI=1S/C19H28N6O.HI/c1-4-20-19(24(2)12-18-22-14-23-25(18)3)21-11-16-7-5-6-8-17(16)26-13-15-9-10-15;/h5-8,14-15H,4,9-13H2,1-3H3,(H,20,21);1H. The highest BCUT2D eigenvalue weighted by Crippen LogP contribution is 2.30. The Morgan fingerprint density at radius 1 is 1.37 bits per heavy atom. The lowest BCUT2D eigenvalue weighted by molar-refractivity contribution is 0.297. The van der Waals surface area contributed by atoms with Crippen LogP contribution in [-0.2, 0) is 20.1 Å². The summed E-state index contributed by atoms with van der Waals surface area (Å²) in [6.45, 7) is 4.90. The summed E-state index contributed by atoms with van der Waals surface area (Å²) >= 11 is 0. The maximum absolute atomic E-state index is 5.99. The molecule has 1 saturated carbocycles. The summed E-state index contributed by atoms with van der Waals surface area (Å²) in [5.41, 5.74) is 1.11. The van der Waals surface area contributed by atoms with Gasteiger partial charge in [-0.05, 0) is 31.7 Å². The van der Waals surface area contributed by atoms with Crippen molar-refractivity contribution in [3.8, 4) is 5.75 Å². The Morgan fingerprint density at radius 3 is 2.81 bits per heavy atom. The van der Waals surface area contributed by atoms with Crippen LogP contribution >= 0.6 is 24.0 Å². The van der Waals surface area contributed by atoms with Gasteiger partial charge in [0.25, 0.3) is 0 Å². The first-order valence-electron chi connectivity index (χ1n) is 9.20. The normalized spacial score (nSPS) is 13.8. The van der Waals surface area contributed by atoms with Crippen LogP contribution in [0.1, 0.15) is 31.2 Å². The third kappa shape index (κ3) is 6.37. The number of aromatic nitrogens is 3. The van der Waals surface area contributed by atoms with E-state index in [0.717, 1.165) is 42.2 Å². The highest BCUT2D eigenvalue weighted by molar-refractivity contribution is 14.0. The molecule has 1 aliphatic rings. The number of guanidine groups is 1. The van der Waals surface area contributed by atoms with Gasteiger partial charge in [-0.25, -0.2) is 9.98 Å². The quantitative estimate of drug-likeness (QED) is 0.355. The van der Waals surface area contributed by atoms with Crippen molar-refractivity contribution in [2.24, 2.45) is 18.0 Å². The molecule has 0 bridgehead atoms. The molecule has 0 saturated heterocycles. The Balaban J connectivity index is 0.00000261. The van der Waals surface area contributed by atoms with Crippen molar-refractivity contribution in [1.82, 2.24) is 25.0 Å². The number of para-hydroxylation sites is 1. The number of rotatable bonds is 8. The Hall–Kier alpha value is -1.84. The van der Waals surface area contributed by atoms with Crippen molar-refractivity contribution < 1.29 is 4.74 Å². The van der Waals surface area contributed by atoms with Gasteiger partial charge in [0.2, 0.25) is 0 Å². The van der Waals surface area contributed by atoms with E-state index in [1.165, 1.54) is 12.8 Å². The molecule has 8 heteroatoms. The maximum Gasteiger partial charge on any atom is 0.194 e. The van der Waals surface area contributed by atoms with Gasteiger partial charge in [0.15, 0.2) is 5.96 Å². The molecule has 148 valence electrons. The van der Waals surface area contributed by atoms with Crippen LogP contribution in [0.2, 0.25) is 0 Å². The fraction of sp³-hybridized carbons (Fsp3) is 0.526. The number of nitrogens with zero attached hydrogens (tertiary/aromatic N) is 5. The van der Waals surface area contributed by atoms with Gasteiger partial charge in [0, 0.05) is 26.2 Å². The second kappa shape index (κ2) is 10.5. The summed E-state index contributed by atoms with van der Waals surface area (Å²) in [4.78, 5) is 11.1. The van der Waals surface area contributed by atoms with E-state index in [0.29, 0.717) is 13.1 Å². The average molecular weight is 484 g/mol. The van der Waals surface area contributed by atoms with Gasteiger partial charge in [-0.3, -0.25) is 4.68 Å². The highest BCUT2D eigenvalue weighted by Gasteiger charge is 2.22. The molecule has 1 heterocycles. The summed E-state index contributed by atoms with van der Waals surface area (Å²) in [5, 5.41) is 7.46. The lowest BCUT2D eigenvalue weighted by atomic mass is 10.2. The van der Waals surface area contributed by atoms with Crippen molar-refractivity contribution in [2.75, 3.05) is 20.2 Å². The van der Waals surface area contributed by atoms with Gasteiger partial charge in [-0.15, -0.1) is 24.0 Å². The third-order valence-corrected chi connectivity index (χ3v) is 4.42. The van der Waals surface area contributed by atoms with Gasteiger partial charge in [-0.2, -0.15) is 5.10 Å². The van der Waals surface area contributed by atoms with E-state index < -0.39 is 0 Å². The SMILES string of the molecule is CCNC(=NCc1ccccc1OCC1CC1)N(C)Cc1ncnn1C.I. The average Bonchev–Trinajstić information content (AvgIpc) is 3.39. The lowest BCUT2D eigenvalue weighted by Gasteiger charge is -2.21. The molecule has 0 unspecified atom stereocenters. The molecular weight excluding hydrogens is 455 g/mol. The van der Waals surface area contributed by atoms with Crippen molar-refractivity contribution in [3.63, 3.8) is 0 Å². The van der Waals surface area contributed by atoms with E-state index in [1.807, 2.05) is 32.3 Å². The fourth-order valence-electron chi connectivity index (χ4n) is 2.65. The third-order valence-electron chi connectivity index (χ3n) is 4.42. The molecule has 1 fully saturated rings. The summed E-state index contributed by atoms with van der Waals surface area (Å²) in [5.74, 6) is 3.41. The van der Waals surface area contributed by atoms with Gasteiger partial charge in [-0.1, -0.05) is 18.2 Å². The van der Waals surface area contributed by atoms with Crippen LogP contribution < -0.4 is 10.1 Å². The molecule has 1 aromatic heterocycles. The molecule has 27 heavy (non-hydrogen) atoms. The lowest BCUT2D eigenvalue weighted by Crippen LogP contribution is -2.39. The van der Waals surface area contributed by atoms with E-state index in [4.69, 9.17) is 9.73 Å². The number of aliphatic imine (C=N–C) groups is 1. The van der Waals surface area contributed by atoms with Crippen molar-refractivity contribution in [2.45, 2.75) is 32.9 Å². The molecule has 7 nitrogen and oxygen atoms in total. The molecule has 1 aliphatic carbocycles. The zero-order chi connectivity index (χ0) is 18.4. The first-order chi connectivity index (χ1) is 12.7. The number of aryl methyl sites for hydroxylation is 1. The van der Waals surface area contributed by atoms with Gasteiger partial charge in [0.1, 0.15) is 17.9 Å². The number of benzene rings is 1. The first kappa shape index (κ1) is 21.5. The second-order valence-corrected chi connectivity index (χ2v) is 6.69. The van der Waals surface area contributed by atoms with Gasteiger partial charge >= 0.3 is 0 Å². The predicted octanol–water partition coefficient (Wildman–Crippen LogP) is 2.82. The predicted molar refractivity (Wildman–Crippen MR) is 117 cm³/mol. The summed E-state index contributed by atoms with van der Waals surface area (Å²) in [7, 11) is 3.90. The van der Waals surface area contributed by atoms with E-state index in [9.17, 15) is 0 Å². The molecule has 0 atom stereocenters. The topological polar surface area (TPSA) is 67.6 Å². The summed E-state index contributed by atoms with van der Waals surface area (Å²) < 4.78 is 7.77. The number of hydrogen-bond acceptors (Lipinski definition) is 4. The number of hydrogen-bond donors (Lipinski definition) is 1. The molecule has 3 rings (SSSR count). The second-order valence-electron chi connectivity index (χ2n) is 6.69. The largest absolute Gasteiger partial charge is 0.493 e. The number of nitrogens with one attached hydrogen (secondary N) is 1. The minimum Gasteiger partial charge on any atom is -0.493 e. The minimum atomic E-state index is 0. The molecule has 0 aliphatic heterocycles. The van der Waals surface area contributed by atoms with Crippen LogP contribution in [0.4, 0.5) is 0 Å². The van der Waals surface area contributed by atoms with Crippen molar-refractivity contribution in [3.05, 3.63) is 42.0 Å². The molecule has 0 spiro atoms. The van der Waals surface area contributed by atoms with Crippen molar-refractivity contribution >= 4 is 29.9 Å². The van der Waals surface area contributed by atoms with E-state index in [-0.39, 0.29) is 24.0 Å². The molecular formula is C19H29IN6O. The van der Waals surface area contributed by atoms with Crippen LogP contribution in [0.15, 0.2) is 35.6 Å². The van der Waals surface area contributed by atoms with E-state index in [1.54, 1.807) is 11.0 Å². The zero-order valence-corrected chi connectivity index (χ0v) is 18.6. The van der Waals surface area contributed by atoms with Crippen molar-refractivity contribution in [1.29, 1.82) is 0 Å². The molecule has 0 amide bonds. The van der Waals surface area contributed by atoms with Crippen LogP contribution in [0, 0.1) is 5.92 Å². The molecule has 0 radical (unpaired) electrons. The monoisotopic (exact) mass is 484 g/mol.